The highest BCUT2D eigenvalue weighted by Gasteiger charge is 2.36. The van der Waals surface area contributed by atoms with Crippen molar-refractivity contribution in [3.8, 4) is 34.4 Å². The van der Waals surface area contributed by atoms with Gasteiger partial charge in [0.15, 0.2) is 0 Å². The number of hydrogen-bond donors (Lipinski definition) is 4. The first-order valence-corrected chi connectivity index (χ1v) is 18.4. The van der Waals surface area contributed by atoms with E-state index < -0.39 is 36.4 Å². The summed E-state index contributed by atoms with van der Waals surface area (Å²) in [5.74, 6) is 7.01. The van der Waals surface area contributed by atoms with Crippen LogP contribution in [0, 0.1) is 23.7 Å². The van der Waals surface area contributed by atoms with Crippen molar-refractivity contribution in [3.05, 3.63) is 108 Å². The molecule has 4 heterocycles. The molecule has 4 N–H and O–H groups in total. The summed E-state index contributed by atoms with van der Waals surface area (Å²) in [5.41, 5.74) is 5.13. The van der Waals surface area contributed by atoms with Crippen LogP contribution in [-0.4, -0.2) is 93.1 Å². The predicted octanol–water partition coefficient (Wildman–Crippen LogP) is 5.51. The molecule has 2 aromatic carbocycles. The standard InChI is InChI=1S/C42H46N8O6/c1-25(2)35(47-41(53)55-5)39(51)49-21-7-9-33(49)37-43-23-31(45-37)29-17-13-27(14-18-29)11-12-28-15-19-30(20-16-28)32-24-44-38(46-32)34-10-8-22-50(34)40(52)36(26(3)4)48-42(54)56-6/h7-10,13-20,23-26,33-36H,21-22H2,1-6H3,(H,43,45)(H,44,46)(H,47,53)(H,48,54)/t33-,34-,35-,36-/m0/s1. The van der Waals surface area contributed by atoms with Gasteiger partial charge in [-0.25, -0.2) is 19.6 Å². The van der Waals surface area contributed by atoms with Gasteiger partial charge in [-0.3, -0.25) is 9.59 Å². The van der Waals surface area contributed by atoms with Gasteiger partial charge in [-0.1, -0.05) is 88.1 Å². The van der Waals surface area contributed by atoms with Crippen molar-refractivity contribution >= 4 is 24.0 Å². The van der Waals surface area contributed by atoms with Gasteiger partial charge in [0.05, 0.1) is 38.0 Å². The van der Waals surface area contributed by atoms with Gasteiger partial charge in [0, 0.05) is 24.2 Å². The first-order valence-electron chi connectivity index (χ1n) is 18.4. The van der Waals surface area contributed by atoms with Gasteiger partial charge in [-0.05, 0) is 47.2 Å². The third kappa shape index (κ3) is 8.68. The second-order valence-electron chi connectivity index (χ2n) is 14.2. The Morgan fingerprint density at radius 3 is 1.38 bits per heavy atom. The van der Waals surface area contributed by atoms with Crippen LogP contribution in [-0.2, 0) is 19.1 Å². The number of nitrogens with one attached hydrogen (secondary N) is 4. The third-order valence-electron chi connectivity index (χ3n) is 9.76. The molecule has 4 atom stereocenters. The number of methoxy groups -OCH3 is 2. The van der Waals surface area contributed by atoms with Crippen molar-refractivity contribution in [1.29, 1.82) is 0 Å². The average molecular weight is 759 g/mol. The monoisotopic (exact) mass is 758 g/mol. The van der Waals surface area contributed by atoms with Crippen molar-refractivity contribution in [2.24, 2.45) is 11.8 Å². The average Bonchev–Trinajstić information content (AvgIpc) is 4.04. The van der Waals surface area contributed by atoms with Gasteiger partial charge in [0.2, 0.25) is 11.8 Å². The number of aromatic amines is 2. The topological polar surface area (TPSA) is 175 Å². The first kappa shape index (κ1) is 39.1. The van der Waals surface area contributed by atoms with Crippen LogP contribution in [0.2, 0.25) is 0 Å². The fraction of sp³-hybridized carbons (Fsp3) is 0.333. The maximum atomic E-state index is 13.5. The van der Waals surface area contributed by atoms with Crippen molar-refractivity contribution in [2.75, 3.05) is 27.3 Å². The summed E-state index contributed by atoms with van der Waals surface area (Å²) in [7, 11) is 2.54. The zero-order valence-corrected chi connectivity index (χ0v) is 32.2. The lowest BCUT2D eigenvalue weighted by molar-refractivity contribution is -0.135. The lowest BCUT2D eigenvalue weighted by Gasteiger charge is -2.29. The molecule has 2 aliphatic rings. The van der Waals surface area contributed by atoms with Gasteiger partial charge < -0.3 is 39.9 Å². The second-order valence-corrected chi connectivity index (χ2v) is 14.2. The molecule has 4 amide bonds. The number of aromatic nitrogens is 4. The normalized spacial score (nSPS) is 17.1. The molecule has 0 radical (unpaired) electrons. The van der Waals surface area contributed by atoms with Crippen LogP contribution in [0.4, 0.5) is 9.59 Å². The molecular weight excluding hydrogens is 713 g/mol. The van der Waals surface area contributed by atoms with Crippen LogP contribution in [0.3, 0.4) is 0 Å². The number of H-pyrrole nitrogens is 2. The maximum absolute atomic E-state index is 13.5. The Kier molecular flexibility index (Phi) is 12.0. The highest BCUT2D eigenvalue weighted by Crippen LogP contribution is 2.30. The fourth-order valence-electron chi connectivity index (χ4n) is 6.61. The van der Waals surface area contributed by atoms with Crippen LogP contribution < -0.4 is 10.6 Å². The number of nitrogens with zero attached hydrogens (tertiary/aromatic N) is 4. The molecule has 0 unspecified atom stereocenters. The number of rotatable bonds is 10. The van der Waals surface area contributed by atoms with Gasteiger partial charge in [-0.2, -0.15) is 0 Å². The molecule has 0 fully saturated rings. The summed E-state index contributed by atoms with van der Waals surface area (Å²) in [6.45, 7) is 8.31. The zero-order chi connectivity index (χ0) is 39.9. The summed E-state index contributed by atoms with van der Waals surface area (Å²) in [6, 6.07) is 13.4. The van der Waals surface area contributed by atoms with Crippen LogP contribution in [0.1, 0.15) is 62.6 Å². The van der Waals surface area contributed by atoms with Crippen molar-refractivity contribution in [2.45, 2.75) is 51.9 Å². The smallest absolute Gasteiger partial charge is 0.407 e. The Balaban J connectivity index is 1.08. The Labute approximate surface area is 325 Å². The van der Waals surface area contributed by atoms with Crippen molar-refractivity contribution in [3.63, 3.8) is 0 Å². The lowest BCUT2D eigenvalue weighted by Crippen LogP contribution is -2.51. The number of amides is 4. The Bertz CT molecular complexity index is 2020. The maximum Gasteiger partial charge on any atom is 0.407 e. The van der Waals surface area contributed by atoms with Crippen molar-refractivity contribution < 1.29 is 28.7 Å². The van der Waals surface area contributed by atoms with E-state index in [0.29, 0.717) is 24.7 Å². The first-order chi connectivity index (χ1) is 27.0. The molecule has 290 valence electrons. The van der Waals surface area contributed by atoms with E-state index in [1.54, 1.807) is 22.2 Å². The molecule has 14 heteroatoms. The van der Waals surface area contributed by atoms with E-state index in [-0.39, 0.29) is 23.7 Å². The summed E-state index contributed by atoms with van der Waals surface area (Å²) in [4.78, 5) is 70.0. The van der Waals surface area contributed by atoms with Crippen molar-refractivity contribution in [1.82, 2.24) is 40.4 Å². The van der Waals surface area contributed by atoms with Gasteiger partial charge in [0.1, 0.15) is 35.8 Å². The number of imidazole rings is 2. The number of carbonyl (C=O) groups is 4. The van der Waals surface area contributed by atoms with E-state index in [1.807, 2.05) is 101 Å². The van der Waals surface area contributed by atoms with Crippen LogP contribution >= 0.6 is 0 Å². The molecule has 2 aliphatic heterocycles. The van der Waals surface area contributed by atoms with E-state index in [9.17, 15) is 19.2 Å². The SMILES string of the molecule is COC(=O)N[C@H](C(=O)N1CC=C[C@H]1c1ncc(-c2ccc(C#Cc3ccc(-c4cnc([C@@H]5C=CCN5C(=O)[C@@H](NC(=O)OC)C(C)C)[nH]4)cc3)cc2)[nH]1)C(C)C. The number of carbonyl (C=O) groups excluding carboxylic acids is 4. The molecule has 14 nitrogen and oxygen atoms in total. The van der Waals surface area contributed by atoms with E-state index in [1.165, 1.54) is 14.2 Å². The summed E-state index contributed by atoms with van der Waals surface area (Å²) < 4.78 is 9.45. The molecule has 0 spiro atoms. The van der Waals surface area contributed by atoms with Gasteiger partial charge in [-0.15, -0.1) is 0 Å². The zero-order valence-electron chi connectivity index (χ0n) is 32.2. The molecule has 56 heavy (non-hydrogen) atoms. The van der Waals surface area contributed by atoms with Crippen LogP contribution in [0.15, 0.2) is 85.2 Å². The highest BCUT2D eigenvalue weighted by molar-refractivity contribution is 5.87. The fourth-order valence-corrected chi connectivity index (χ4v) is 6.61. The third-order valence-corrected chi connectivity index (χ3v) is 9.76. The van der Waals surface area contributed by atoms with Gasteiger partial charge >= 0.3 is 12.2 Å². The Hall–Kier alpha value is -6.62. The molecule has 4 aromatic rings. The number of hydrogen-bond acceptors (Lipinski definition) is 8. The minimum Gasteiger partial charge on any atom is -0.453 e. The molecule has 6 rings (SSSR count). The Morgan fingerprint density at radius 2 is 1.04 bits per heavy atom. The highest BCUT2D eigenvalue weighted by atomic mass is 16.5. The second kappa shape index (κ2) is 17.2. The summed E-state index contributed by atoms with van der Waals surface area (Å²) in [5, 5.41) is 5.31. The summed E-state index contributed by atoms with van der Waals surface area (Å²) >= 11 is 0. The predicted molar refractivity (Wildman–Crippen MR) is 210 cm³/mol. The number of ether oxygens (including phenoxy) is 2. The number of alkyl carbamates (subject to hydrolysis) is 2. The number of benzene rings is 2. The molecular formula is C42H46N8O6. The largest absolute Gasteiger partial charge is 0.453 e. The van der Waals surface area contributed by atoms with Gasteiger partial charge in [0.25, 0.3) is 0 Å². The minimum atomic E-state index is -0.732. The molecule has 0 bridgehead atoms. The van der Waals surface area contributed by atoms with E-state index in [0.717, 1.165) is 33.6 Å². The summed E-state index contributed by atoms with van der Waals surface area (Å²) in [6.07, 6.45) is 9.88. The van der Waals surface area contributed by atoms with E-state index in [2.05, 4.69) is 42.4 Å². The molecule has 0 aliphatic carbocycles. The van der Waals surface area contributed by atoms with Crippen LogP contribution in [0.25, 0.3) is 22.5 Å². The lowest BCUT2D eigenvalue weighted by atomic mass is 10.0. The molecule has 2 aromatic heterocycles. The quantitative estimate of drug-likeness (QED) is 0.121. The van der Waals surface area contributed by atoms with E-state index >= 15 is 0 Å². The molecule has 0 saturated heterocycles. The molecule has 0 saturated carbocycles. The Morgan fingerprint density at radius 1 is 0.661 bits per heavy atom. The van der Waals surface area contributed by atoms with E-state index in [4.69, 9.17) is 9.47 Å². The van der Waals surface area contributed by atoms with Crippen LogP contribution in [0.5, 0.6) is 0 Å². The minimum absolute atomic E-state index is 0.136.